The van der Waals surface area contributed by atoms with Gasteiger partial charge in [-0.2, -0.15) is 5.26 Å². The van der Waals surface area contributed by atoms with Crippen LogP contribution in [0.5, 0.6) is 0 Å². The van der Waals surface area contributed by atoms with E-state index in [-0.39, 0.29) is 18.9 Å². The van der Waals surface area contributed by atoms with Crippen LogP contribution < -0.4 is 10.6 Å². The van der Waals surface area contributed by atoms with Crippen LogP contribution in [0.4, 0.5) is 0 Å². The number of nitrogens with one attached hydrogen (secondary N) is 2. The third kappa shape index (κ3) is 7.98. The maximum Gasteiger partial charge on any atom is 0.307 e. The van der Waals surface area contributed by atoms with Crippen LogP contribution in [-0.4, -0.2) is 35.4 Å². The summed E-state index contributed by atoms with van der Waals surface area (Å²) in [5, 5.41) is 14.6. The number of carbonyl (C=O) groups is 3. The lowest BCUT2D eigenvalue weighted by Gasteiger charge is -2.31. The second-order valence-electron chi connectivity index (χ2n) is 11.4. The molecule has 0 aliphatic carbocycles. The van der Waals surface area contributed by atoms with E-state index in [0.717, 1.165) is 22.4 Å². The molecule has 2 unspecified atom stereocenters. The number of esters is 1. The number of amides is 2. The fourth-order valence-corrected chi connectivity index (χ4v) is 4.73. The first kappa shape index (κ1) is 30.8. The molecule has 43 heavy (non-hydrogen) atoms. The molecule has 0 bridgehead atoms. The summed E-state index contributed by atoms with van der Waals surface area (Å²) >= 11 is 0. The van der Waals surface area contributed by atoms with E-state index in [1.165, 1.54) is 7.05 Å². The number of rotatable bonds is 10. The lowest BCUT2D eigenvalue weighted by Crippen LogP contribution is -2.54. The highest BCUT2D eigenvalue weighted by atomic mass is 16.5. The van der Waals surface area contributed by atoms with E-state index in [1.807, 2.05) is 104 Å². The van der Waals surface area contributed by atoms with Gasteiger partial charge in [-0.1, -0.05) is 75.4 Å². The first-order valence-corrected chi connectivity index (χ1v) is 14.1. The van der Waals surface area contributed by atoms with Crippen molar-refractivity contribution in [1.82, 2.24) is 15.2 Å². The molecule has 0 radical (unpaired) electrons. The molecule has 0 spiro atoms. The van der Waals surface area contributed by atoms with Crippen LogP contribution >= 0.6 is 0 Å². The number of hydrogen-bond acceptors (Lipinski definition) is 5. The van der Waals surface area contributed by atoms with Gasteiger partial charge in [0.2, 0.25) is 11.8 Å². The van der Waals surface area contributed by atoms with Gasteiger partial charge in [0, 0.05) is 25.1 Å². The number of hydrogen-bond donors (Lipinski definition) is 2. The molecule has 3 aromatic carbocycles. The van der Waals surface area contributed by atoms with Crippen LogP contribution in [0.1, 0.15) is 49.8 Å². The molecule has 0 fully saturated rings. The quantitative estimate of drug-likeness (QED) is 0.242. The van der Waals surface area contributed by atoms with Gasteiger partial charge in [-0.05, 0) is 58.0 Å². The Kier molecular flexibility index (Phi) is 9.79. The molecule has 0 saturated carbocycles. The number of carbonyl (C=O) groups excluding carboxylic acids is 3. The predicted octanol–water partition coefficient (Wildman–Crippen LogP) is 5.51. The molecule has 8 nitrogen and oxygen atoms in total. The summed E-state index contributed by atoms with van der Waals surface area (Å²) in [6.45, 7) is 5.71. The molecule has 1 heterocycles. The molecule has 8 heteroatoms. The van der Waals surface area contributed by atoms with Crippen LogP contribution in [-0.2, 0) is 25.7 Å². The SMILES string of the molecule is CNC(=O)C(NC(=O)C(CC(=O)OCc1ccccc1)c1ccn(-c2ccc(-c3ccc(C#N)cc3)cc2)c1)C(C)(C)C. The van der Waals surface area contributed by atoms with E-state index in [9.17, 15) is 14.4 Å². The first-order valence-electron chi connectivity index (χ1n) is 14.1. The van der Waals surface area contributed by atoms with E-state index < -0.39 is 29.3 Å². The number of aromatic nitrogens is 1. The monoisotopic (exact) mass is 576 g/mol. The summed E-state index contributed by atoms with van der Waals surface area (Å²) in [7, 11) is 1.53. The minimum absolute atomic E-state index is 0.101. The van der Waals surface area contributed by atoms with E-state index in [4.69, 9.17) is 10.00 Å². The molecule has 4 aromatic rings. The van der Waals surface area contributed by atoms with Gasteiger partial charge in [0.15, 0.2) is 0 Å². The number of ether oxygens (including phenoxy) is 1. The van der Waals surface area contributed by atoms with E-state index in [0.29, 0.717) is 11.1 Å². The highest BCUT2D eigenvalue weighted by Gasteiger charge is 2.35. The van der Waals surface area contributed by atoms with Crippen molar-refractivity contribution in [3.05, 3.63) is 114 Å². The summed E-state index contributed by atoms with van der Waals surface area (Å²) in [5.74, 6) is -2.15. The van der Waals surface area contributed by atoms with Gasteiger partial charge in [0.1, 0.15) is 12.6 Å². The third-order valence-electron chi connectivity index (χ3n) is 7.22. The van der Waals surface area contributed by atoms with Gasteiger partial charge < -0.3 is 19.9 Å². The van der Waals surface area contributed by atoms with Crippen LogP contribution in [0, 0.1) is 16.7 Å². The molecule has 2 atom stereocenters. The van der Waals surface area contributed by atoms with Gasteiger partial charge in [-0.3, -0.25) is 14.4 Å². The number of benzene rings is 3. The van der Waals surface area contributed by atoms with Crippen molar-refractivity contribution >= 4 is 17.8 Å². The summed E-state index contributed by atoms with van der Waals surface area (Å²) in [6.07, 6.45) is 3.46. The summed E-state index contributed by atoms with van der Waals surface area (Å²) in [5.41, 5.74) is 4.38. The van der Waals surface area contributed by atoms with Crippen molar-refractivity contribution in [2.45, 2.75) is 45.8 Å². The smallest absolute Gasteiger partial charge is 0.307 e. The Bertz CT molecular complexity index is 1590. The normalized spacial score (nSPS) is 12.4. The van der Waals surface area contributed by atoms with Crippen molar-refractivity contribution < 1.29 is 19.1 Å². The zero-order valence-corrected chi connectivity index (χ0v) is 24.8. The second-order valence-corrected chi connectivity index (χ2v) is 11.4. The zero-order valence-electron chi connectivity index (χ0n) is 24.8. The van der Waals surface area contributed by atoms with Gasteiger partial charge >= 0.3 is 5.97 Å². The van der Waals surface area contributed by atoms with Gasteiger partial charge in [-0.15, -0.1) is 0 Å². The Balaban J connectivity index is 1.57. The first-order chi connectivity index (χ1) is 20.6. The molecule has 0 aliphatic heterocycles. The lowest BCUT2D eigenvalue weighted by molar-refractivity contribution is -0.147. The van der Waals surface area contributed by atoms with Crippen molar-refractivity contribution in [1.29, 1.82) is 5.26 Å². The minimum Gasteiger partial charge on any atom is -0.461 e. The topological polar surface area (TPSA) is 113 Å². The van der Waals surface area contributed by atoms with Gasteiger partial charge in [0.05, 0.1) is 24.0 Å². The number of likely N-dealkylation sites (N-methyl/N-ethyl adjacent to an activating group) is 1. The van der Waals surface area contributed by atoms with E-state index in [2.05, 4.69) is 16.7 Å². The maximum absolute atomic E-state index is 13.7. The molecule has 1 aromatic heterocycles. The molecular formula is C35H36N4O4. The maximum atomic E-state index is 13.7. The molecule has 0 aliphatic rings. The van der Waals surface area contributed by atoms with Crippen LogP contribution in [0.25, 0.3) is 16.8 Å². The second kappa shape index (κ2) is 13.7. The standard InChI is InChI=1S/C35H36N4O4/c1-35(2,3)32(34(42)37-4)38-33(41)30(20-31(40)43-23-25-8-6-5-7-9-25)28-18-19-39(22-28)29-16-14-27(15-17-29)26-12-10-24(21-36)11-13-26/h5-19,22,30,32H,20,23H2,1-4H3,(H,37,42)(H,38,41). The van der Waals surface area contributed by atoms with Crippen LogP contribution in [0.2, 0.25) is 0 Å². The lowest BCUT2D eigenvalue weighted by atomic mass is 9.85. The van der Waals surface area contributed by atoms with Gasteiger partial charge in [-0.25, -0.2) is 0 Å². The fourth-order valence-electron chi connectivity index (χ4n) is 4.73. The zero-order chi connectivity index (χ0) is 31.0. The van der Waals surface area contributed by atoms with Crippen molar-refractivity contribution in [2.75, 3.05) is 7.05 Å². The molecule has 0 saturated heterocycles. The molecular weight excluding hydrogens is 540 g/mol. The Hall–Kier alpha value is -5.16. The summed E-state index contributed by atoms with van der Waals surface area (Å²) in [4.78, 5) is 39.3. The Labute approximate surface area is 252 Å². The third-order valence-corrected chi connectivity index (χ3v) is 7.22. The Morgan fingerprint density at radius 1 is 0.884 bits per heavy atom. The highest BCUT2D eigenvalue weighted by Crippen LogP contribution is 2.27. The van der Waals surface area contributed by atoms with Crippen LogP contribution in [0.15, 0.2) is 97.3 Å². The average Bonchev–Trinajstić information content (AvgIpc) is 3.51. The van der Waals surface area contributed by atoms with Gasteiger partial charge in [0.25, 0.3) is 0 Å². The number of nitrogens with zero attached hydrogens (tertiary/aromatic N) is 2. The fraction of sp³-hybridized carbons (Fsp3) is 0.257. The average molecular weight is 577 g/mol. The Morgan fingerprint density at radius 3 is 2.09 bits per heavy atom. The highest BCUT2D eigenvalue weighted by molar-refractivity contribution is 5.93. The van der Waals surface area contributed by atoms with E-state index in [1.54, 1.807) is 18.2 Å². The molecule has 4 rings (SSSR count). The van der Waals surface area contributed by atoms with Crippen LogP contribution in [0.3, 0.4) is 0 Å². The predicted molar refractivity (Wildman–Crippen MR) is 165 cm³/mol. The minimum atomic E-state index is -0.878. The summed E-state index contributed by atoms with van der Waals surface area (Å²) in [6, 6.07) is 27.7. The summed E-state index contributed by atoms with van der Waals surface area (Å²) < 4.78 is 7.39. The molecule has 2 N–H and O–H groups in total. The van der Waals surface area contributed by atoms with Crippen molar-refractivity contribution in [2.24, 2.45) is 5.41 Å². The largest absolute Gasteiger partial charge is 0.461 e. The Morgan fingerprint density at radius 2 is 1.51 bits per heavy atom. The number of nitriles is 1. The molecule has 220 valence electrons. The van der Waals surface area contributed by atoms with Crippen molar-refractivity contribution in [3.63, 3.8) is 0 Å². The van der Waals surface area contributed by atoms with E-state index >= 15 is 0 Å². The van der Waals surface area contributed by atoms with Crippen molar-refractivity contribution in [3.8, 4) is 22.9 Å². The molecule has 2 amide bonds.